The molecule has 2 N–H and O–H groups in total. The number of benzene rings is 2. The molecule has 31 heavy (non-hydrogen) atoms. The Kier molecular flexibility index (Phi) is 7.91. The van der Waals surface area contributed by atoms with E-state index in [1.54, 1.807) is 21.3 Å². The van der Waals surface area contributed by atoms with Gasteiger partial charge in [-0.2, -0.15) is 0 Å². The van der Waals surface area contributed by atoms with Crippen LogP contribution in [-0.4, -0.2) is 53.8 Å². The molecule has 9 nitrogen and oxygen atoms in total. The molecule has 168 valence electrons. The highest BCUT2D eigenvalue weighted by molar-refractivity contribution is 5.79. The Morgan fingerprint density at radius 2 is 1.71 bits per heavy atom. The molecule has 2 aromatic carbocycles. The molecule has 0 radical (unpaired) electrons. The highest BCUT2D eigenvalue weighted by atomic mass is 16.7. The van der Waals surface area contributed by atoms with Crippen LogP contribution in [0.3, 0.4) is 0 Å². The zero-order chi connectivity index (χ0) is 22.1. The molecular formula is C22H29N3O6. The van der Waals surface area contributed by atoms with Gasteiger partial charge in [0, 0.05) is 12.6 Å². The highest BCUT2D eigenvalue weighted by Crippen LogP contribution is 2.38. The van der Waals surface area contributed by atoms with Crippen LogP contribution in [0.4, 0.5) is 0 Å². The van der Waals surface area contributed by atoms with Gasteiger partial charge in [0.15, 0.2) is 29.0 Å². The van der Waals surface area contributed by atoms with Crippen molar-refractivity contribution in [2.24, 2.45) is 4.99 Å². The first-order valence-corrected chi connectivity index (χ1v) is 10.0. The Bertz CT molecular complexity index is 878. The molecule has 0 fully saturated rings. The van der Waals surface area contributed by atoms with Crippen LogP contribution in [0.1, 0.15) is 12.5 Å². The Hall–Kier alpha value is -3.49. The number of fused-ring (bicyclic) bond motifs is 1. The van der Waals surface area contributed by atoms with Gasteiger partial charge in [0.25, 0.3) is 0 Å². The van der Waals surface area contributed by atoms with Crippen molar-refractivity contribution in [2.45, 2.75) is 13.5 Å². The zero-order valence-corrected chi connectivity index (χ0v) is 18.3. The Morgan fingerprint density at radius 1 is 0.968 bits per heavy atom. The third-order valence-corrected chi connectivity index (χ3v) is 4.50. The summed E-state index contributed by atoms with van der Waals surface area (Å²) < 4.78 is 32.6. The van der Waals surface area contributed by atoms with Crippen molar-refractivity contribution < 1.29 is 28.4 Å². The normalized spacial score (nSPS) is 12.3. The fourth-order valence-corrected chi connectivity index (χ4v) is 3.04. The van der Waals surface area contributed by atoms with Crippen LogP contribution in [0.2, 0.25) is 0 Å². The lowest BCUT2D eigenvalue weighted by molar-refractivity contribution is 0.173. The van der Waals surface area contributed by atoms with Gasteiger partial charge in [-0.1, -0.05) is 0 Å². The van der Waals surface area contributed by atoms with Gasteiger partial charge < -0.3 is 39.1 Å². The first-order chi connectivity index (χ1) is 15.2. The van der Waals surface area contributed by atoms with Crippen molar-refractivity contribution in [3.8, 4) is 34.5 Å². The Balaban J connectivity index is 1.56. The molecule has 0 saturated carbocycles. The van der Waals surface area contributed by atoms with Gasteiger partial charge in [-0.3, -0.25) is 0 Å². The molecule has 0 unspecified atom stereocenters. The first-order valence-electron chi connectivity index (χ1n) is 10.0. The van der Waals surface area contributed by atoms with Crippen LogP contribution in [0.15, 0.2) is 35.3 Å². The number of guanidine groups is 1. The molecule has 0 aliphatic carbocycles. The molecule has 0 saturated heterocycles. The summed E-state index contributed by atoms with van der Waals surface area (Å²) in [4.78, 5) is 4.63. The van der Waals surface area contributed by atoms with Crippen LogP contribution in [0.5, 0.6) is 34.5 Å². The number of hydrogen-bond acceptors (Lipinski definition) is 7. The number of nitrogens with zero attached hydrogens (tertiary/aromatic N) is 1. The standard InChI is InChI=1S/C22H29N3O6/c1-5-23-22(24-8-9-29-16-6-7-17-18(12-16)31-14-30-17)25-13-15-10-19(26-2)21(28-4)20(11-15)27-3/h6-7,10-12H,5,8-9,13-14H2,1-4H3,(H2,23,24,25). The van der Waals surface area contributed by atoms with E-state index in [4.69, 9.17) is 28.4 Å². The molecule has 1 heterocycles. The highest BCUT2D eigenvalue weighted by Gasteiger charge is 2.14. The minimum atomic E-state index is 0.245. The average molecular weight is 431 g/mol. The van der Waals surface area contributed by atoms with E-state index in [1.807, 2.05) is 37.3 Å². The summed E-state index contributed by atoms with van der Waals surface area (Å²) >= 11 is 0. The van der Waals surface area contributed by atoms with Gasteiger partial charge in [-0.05, 0) is 36.8 Å². The van der Waals surface area contributed by atoms with Gasteiger partial charge in [0.1, 0.15) is 12.4 Å². The lowest BCUT2D eigenvalue weighted by Gasteiger charge is -2.14. The number of aliphatic imine (C=N–C) groups is 1. The minimum absolute atomic E-state index is 0.245. The first kappa shape index (κ1) is 22.2. The fraction of sp³-hybridized carbons (Fsp3) is 0.409. The molecule has 9 heteroatoms. The summed E-state index contributed by atoms with van der Waals surface area (Å²) in [5.74, 6) is 4.60. The third-order valence-electron chi connectivity index (χ3n) is 4.50. The van der Waals surface area contributed by atoms with E-state index in [1.165, 1.54) is 0 Å². The van der Waals surface area contributed by atoms with Crippen molar-refractivity contribution >= 4 is 5.96 Å². The van der Waals surface area contributed by atoms with Crippen molar-refractivity contribution in [3.05, 3.63) is 35.9 Å². The van der Waals surface area contributed by atoms with Crippen molar-refractivity contribution in [2.75, 3.05) is 47.8 Å². The van der Waals surface area contributed by atoms with E-state index in [2.05, 4.69) is 15.6 Å². The lowest BCUT2D eigenvalue weighted by atomic mass is 10.2. The van der Waals surface area contributed by atoms with E-state index in [-0.39, 0.29) is 6.79 Å². The monoisotopic (exact) mass is 431 g/mol. The van der Waals surface area contributed by atoms with Crippen LogP contribution in [-0.2, 0) is 6.54 Å². The zero-order valence-electron chi connectivity index (χ0n) is 18.3. The molecule has 0 bridgehead atoms. The molecular weight excluding hydrogens is 402 g/mol. The maximum Gasteiger partial charge on any atom is 0.231 e. The maximum atomic E-state index is 5.78. The summed E-state index contributed by atoms with van der Waals surface area (Å²) in [5, 5.41) is 6.49. The van der Waals surface area contributed by atoms with Gasteiger partial charge >= 0.3 is 0 Å². The fourth-order valence-electron chi connectivity index (χ4n) is 3.04. The Labute approximate surface area is 182 Å². The molecule has 3 rings (SSSR count). The van der Waals surface area contributed by atoms with Gasteiger partial charge in [0.2, 0.25) is 12.5 Å². The SMILES string of the molecule is CCNC(=NCc1cc(OC)c(OC)c(OC)c1)NCCOc1ccc2c(c1)OCO2. The van der Waals surface area contributed by atoms with Crippen LogP contribution in [0, 0.1) is 0 Å². The van der Waals surface area contributed by atoms with Crippen LogP contribution in [0.25, 0.3) is 0 Å². The molecule has 0 amide bonds. The van der Waals surface area contributed by atoms with Gasteiger partial charge in [-0.25, -0.2) is 4.99 Å². The second-order valence-corrected chi connectivity index (χ2v) is 6.52. The average Bonchev–Trinajstić information content (AvgIpc) is 3.27. The third kappa shape index (κ3) is 5.78. The smallest absolute Gasteiger partial charge is 0.231 e. The maximum absolute atomic E-state index is 5.78. The summed E-state index contributed by atoms with van der Waals surface area (Å²) in [5.41, 5.74) is 0.934. The number of methoxy groups -OCH3 is 3. The van der Waals surface area contributed by atoms with Crippen LogP contribution >= 0.6 is 0 Å². The second-order valence-electron chi connectivity index (χ2n) is 6.52. The number of rotatable bonds is 10. The summed E-state index contributed by atoms with van der Waals surface area (Å²) in [6.45, 7) is 4.48. The lowest BCUT2D eigenvalue weighted by Crippen LogP contribution is -2.39. The van der Waals surface area contributed by atoms with Crippen LogP contribution < -0.4 is 39.1 Å². The van der Waals surface area contributed by atoms with Crippen molar-refractivity contribution in [1.29, 1.82) is 0 Å². The second kappa shape index (κ2) is 11.1. The topological polar surface area (TPSA) is 91.8 Å². The predicted octanol–water partition coefficient (Wildman–Crippen LogP) is 2.58. The number of ether oxygens (including phenoxy) is 6. The van der Waals surface area contributed by atoms with E-state index in [9.17, 15) is 0 Å². The largest absolute Gasteiger partial charge is 0.493 e. The van der Waals surface area contributed by atoms with E-state index in [0.717, 1.165) is 23.6 Å². The number of nitrogens with one attached hydrogen (secondary N) is 2. The molecule has 1 aliphatic rings. The van der Waals surface area contributed by atoms with E-state index >= 15 is 0 Å². The van der Waals surface area contributed by atoms with E-state index < -0.39 is 0 Å². The summed E-state index contributed by atoms with van der Waals surface area (Å²) in [6, 6.07) is 9.30. The molecule has 0 atom stereocenters. The van der Waals surface area contributed by atoms with E-state index in [0.29, 0.717) is 48.7 Å². The molecule has 0 aromatic heterocycles. The molecule has 0 spiro atoms. The molecule has 2 aromatic rings. The quantitative estimate of drug-likeness (QED) is 0.337. The van der Waals surface area contributed by atoms with Crippen molar-refractivity contribution in [3.63, 3.8) is 0 Å². The Morgan fingerprint density at radius 3 is 2.39 bits per heavy atom. The molecule has 1 aliphatic heterocycles. The minimum Gasteiger partial charge on any atom is -0.493 e. The van der Waals surface area contributed by atoms with Gasteiger partial charge in [0.05, 0.1) is 34.4 Å². The summed E-state index contributed by atoms with van der Waals surface area (Å²) in [7, 11) is 4.77. The summed E-state index contributed by atoms with van der Waals surface area (Å²) in [6.07, 6.45) is 0. The predicted molar refractivity (Wildman–Crippen MR) is 117 cm³/mol. The van der Waals surface area contributed by atoms with Gasteiger partial charge in [-0.15, -0.1) is 0 Å². The van der Waals surface area contributed by atoms with Crippen molar-refractivity contribution in [1.82, 2.24) is 10.6 Å². The number of hydrogen-bond donors (Lipinski definition) is 2.